The molecule has 27 heavy (non-hydrogen) atoms. The van der Waals surface area contributed by atoms with Gasteiger partial charge in [0.05, 0.1) is 31.9 Å². The number of imidazole rings is 2. The Hall–Kier alpha value is -3.37. The van der Waals surface area contributed by atoms with Crippen LogP contribution in [0.3, 0.4) is 0 Å². The molecule has 0 spiro atoms. The number of ether oxygens (including phenoxy) is 2. The molecule has 3 aromatic rings. The van der Waals surface area contributed by atoms with Crippen molar-refractivity contribution < 1.29 is 19.1 Å². The second-order valence-corrected chi connectivity index (χ2v) is 5.99. The number of esters is 1. The molecular weight excluding hydrogens is 356 g/mol. The summed E-state index contributed by atoms with van der Waals surface area (Å²) in [5.74, 6) is -0.154. The molecule has 0 aliphatic rings. The number of aromatic amines is 1. The van der Waals surface area contributed by atoms with Crippen molar-refractivity contribution in [1.29, 1.82) is 0 Å². The molecule has 144 valence electrons. The minimum Gasteiger partial charge on any atom is -0.467 e. The number of carbonyl (C=O) groups is 2. The minimum atomic E-state index is -0.910. The number of nitrogens with one attached hydrogen (secondary N) is 2. The second kappa shape index (κ2) is 7.09. The van der Waals surface area contributed by atoms with E-state index in [9.17, 15) is 14.4 Å². The van der Waals surface area contributed by atoms with Crippen molar-refractivity contribution in [2.45, 2.75) is 25.8 Å². The van der Waals surface area contributed by atoms with E-state index in [4.69, 9.17) is 4.74 Å². The lowest BCUT2D eigenvalue weighted by molar-refractivity contribution is -0.143. The van der Waals surface area contributed by atoms with Crippen molar-refractivity contribution in [2.75, 3.05) is 14.2 Å². The molecule has 0 aromatic carbocycles. The third-order valence-corrected chi connectivity index (χ3v) is 4.44. The fraction of sp³-hybridized carbons (Fsp3) is 0.438. The number of fused-ring (bicyclic) bond motifs is 2. The quantitative estimate of drug-likeness (QED) is 0.601. The Bertz CT molecular complexity index is 1080. The summed E-state index contributed by atoms with van der Waals surface area (Å²) in [7, 11) is 4.21. The fourth-order valence-corrected chi connectivity index (χ4v) is 3.06. The van der Waals surface area contributed by atoms with Crippen LogP contribution in [0.4, 0.5) is 4.79 Å². The normalized spacial score (nSPS) is 12.3. The van der Waals surface area contributed by atoms with Gasteiger partial charge in [-0.05, 0) is 19.8 Å². The van der Waals surface area contributed by atoms with Gasteiger partial charge in [-0.3, -0.25) is 9.36 Å². The van der Waals surface area contributed by atoms with Gasteiger partial charge < -0.3 is 19.8 Å². The van der Waals surface area contributed by atoms with Crippen LogP contribution in [-0.4, -0.2) is 56.2 Å². The number of methoxy groups -OCH3 is 2. The Balaban J connectivity index is 2.00. The highest BCUT2D eigenvalue weighted by Gasteiger charge is 2.24. The summed E-state index contributed by atoms with van der Waals surface area (Å²) in [6, 6.07) is -0.910. The summed E-state index contributed by atoms with van der Waals surface area (Å²) in [5.41, 5.74) is 1.88. The Morgan fingerprint density at radius 3 is 2.74 bits per heavy atom. The number of hydrogen-bond acceptors (Lipinski definition) is 7. The molecule has 0 saturated carbocycles. The van der Waals surface area contributed by atoms with Crippen molar-refractivity contribution in [3.05, 3.63) is 28.1 Å². The van der Waals surface area contributed by atoms with Gasteiger partial charge in [0.1, 0.15) is 11.6 Å². The Morgan fingerprint density at radius 1 is 1.33 bits per heavy atom. The molecule has 2 N–H and O–H groups in total. The SMILES string of the molecule is COC(=O)N[C@@H](CCc1c(C)nc2n(C)c3nc[nH]c3c(=O)n12)C(=O)OC. The molecule has 1 amide bonds. The largest absolute Gasteiger partial charge is 0.467 e. The zero-order valence-corrected chi connectivity index (χ0v) is 15.4. The number of aromatic nitrogens is 5. The van der Waals surface area contributed by atoms with Gasteiger partial charge in [0.15, 0.2) is 5.65 Å². The number of aryl methyl sites for hydroxylation is 3. The van der Waals surface area contributed by atoms with Crippen LogP contribution < -0.4 is 10.9 Å². The van der Waals surface area contributed by atoms with Gasteiger partial charge >= 0.3 is 12.1 Å². The van der Waals surface area contributed by atoms with E-state index >= 15 is 0 Å². The first kappa shape index (κ1) is 18.4. The number of amides is 1. The molecule has 0 aliphatic carbocycles. The molecule has 3 aromatic heterocycles. The topological polar surface area (TPSA) is 133 Å². The van der Waals surface area contributed by atoms with Crippen LogP contribution in [0.25, 0.3) is 16.9 Å². The summed E-state index contributed by atoms with van der Waals surface area (Å²) in [4.78, 5) is 47.7. The number of nitrogens with zero attached hydrogens (tertiary/aromatic N) is 4. The number of H-pyrrole nitrogens is 1. The van der Waals surface area contributed by atoms with Crippen molar-refractivity contribution in [3.63, 3.8) is 0 Å². The Morgan fingerprint density at radius 2 is 2.07 bits per heavy atom. The highest BCUT2D eigenvalue weighted by atomic mass is 16.5. The lowest BCUT2D eigenvalue weighted by Gasteiger charge is -2.15. The Labute approximate surface area is 153 Å². The molecule has 3 rings (SSSR count). The van der Waals surface area contributed by atoms with Crippen LogP contribution in [0.15, 0.2) is 11.1 Å². The first-order valence-corrected chi connectivity index (χ1v) is 8.21. The highest BCUT2D eigenvalue weighted by molar-refractivity contribution is 5.81. The van der Waals surface area contributed by atoms with E-state index in [1.165, 1.54) is 24.9 Å². The van der Waals surface area contributed by atoms with Crippen molar-refractivity contribution in [3.8, 4) is 0 Å². The van der Waals surface area contributed by atoms with Gasteiger partial charge in [0.2, 0.25) is 5.78 Å². The maximum atomic E-state index is 12.9. The monoisotopic (exact) mass is 376 g/mol. The van der Waals surface area contributed by atoms with Crippen LogP contribution in [0.5, 0.6) is 0 Å². The fourth-order valence-electron chi connectivity index (χ4n) is 3.06. The summed E-state index contributed by atoms with van der Waals surface area (Å²) < 4.78 is 12.5. The predicted octanol–water partition coefficient (Wildman–Crippen LogP) is 0.0479. The van der Waals surface area contributed by atoms with Crippen molar-refractivity contribution in [2.24, 2.45) is 7.05 Å². The summed E-state index contributed by atoms with van der Waals surface area (Å²) in [6.07, 6.45) is 1.23. The average Bonchev–Trinajstić information content (AvgIpc) is 3.27. The predicted molar refractivity (Wildman–Crippen MR) is 94.5 cm³/mol. The molecule has 0 unspecified atom stereocenters. The third kappa shape index (κ3) is 3.11. The van der Waals surface area contributed by atoms with Crippen LogP contribution in [0.1, 0.15) is 17.8 Å². The zero-order chi connectivity index (χ0) is 19.7. The number of carbonyl (C=O) groups excluding carboxylic acids is 2. The molecule has 3 heterocycles. The van der Waals surface area contributed by atoms with Gasteiger partial charge in [0, 0.05) is 7.05 Å². The molecule has 1 atom stereocenters. The molecule has 11 nitrogen and oxygen atoms in total. The Kier molecular flexibility index (Phi) is 4.84. The molecule has 0 fully saturated rings. The van der Waals surface area contributed by atoms with E-state index in [0.717, 1.165) is 0 Å². The van der Waals surface area contributed by atoms with Crippen molar-refractivity contribution in [1.82, 2.24) is 29.2 Å². The van der Waals surface area contributed by atoms with E-state index in [-0.39, 0.29) is 12.0 Å². The van der Waals surface area contributed by atoms with E-state index in [1.54, 1.807) is 18.5 Å². The van der Waals surface area contributed by atoms with E-state index < -0.39 is 18.1 Å². The molecule has 11 heteroatoms. The second-order valence-electron chi connectivity index (χ2n) is 5.99. The van der Waals surface area contributed by atoms with Crippen molar-refractivity contribution >= 4 is 29.0 Å². The van der Waals surface area contributed by atoms with Crippen LogP contribution in [0.2, 0.25) is 0 Å². The van der Waals surface area contributed by atoms with Gasteiger partial charge in [-0.2, -0.15) is 0 Å². The molecule has 0 aliphatic heterocycles. The smallest absolute Gasteiger partial charge is 0.407 e. The van der Waals surface area contributed by atoms with E-state index in [0.29, 0.717) is 34.8 Å². The third-order valence-electron chi connectivity index (χ3n) is 4.44. The molecule has 0 saturated heterocycles. The minimum absolute atomic E-state index is 0.209. The van der Waals surface area contributed by atoms with Crippen LogP contribution >= 0.6 is 0 Å². The van der Waals surface area contributed by atoms with Gasteiger partial charge in [0.25, 0.3) is 5.56 Å². The lowest BCUT2D eigenvalue weighted by atomic mass is 10.1. The van der Waals surface area contributed by atoms with Gasteiger partial charge in [-0.1, -0.05) is 0 Å². The zero-order valence-electron chi connectivity index (χ0n) is 15.4. The summed E-state index contributed by atoms with van der Waals surface area (Å²) in [5, 5.41) is 2.43. The maximum Gasteiger partial charge on any atom is 0.407 e. The molecular formula is C16H20N6O5. The number of alkyl carbamates (subject to hydrolysis) is 1. The summed E-state index contributed by atoms with van der Waals surface area (Å²) in [6.45, 7) is 1.78. The first-order chi connectivity index (χ1) is 12.9. The van der Waals surface area contributed by atoms with Crippen LogP contribution in [-0.2, 0) is 27.7 Å². The molecule has 0 radical (unpaired) electrons. The first-order valence-electron chi connectivity index (χ1n) is 8.21. The van der Waals surface area contributed by atoms with Gasteiger partial charge in [-0.15, -0.1) is 0 Å². The highest BCUT2D eigenvalue weighted by Crippen LogP contribution is 2.16. The maximum absolute atomic E-state index is 12.9. The van der Waals surface area contributed by atoms with E-state index in [1.807, 2.05) is 0 Å². The average molecular weight is 376 g/mol. The lowest BCUT2D eigenvalue weighted by Crippen LogP contribution is -2.41. The number of rotatable bonds is 5. The standard InChI is InChI=1S/C16H20N6O5/c1-8-10(6-5-9(14(24)26-3)20-16(25)27-4)22-13(23)11-12(18-7-17-11)21(2)15(22)19-8/h7,9H,5-6H2,1-4H3,(H,17,18)(H,20,25)/t9-/m0/s1. The van der Waals surface area contributed by atoms with Gasteiger partial charge in [-0.25, -0.2) is 24.0 Å². The molecule has 0 bridgehead atoms. The van der Waals surface area contributed by atoms with Crippen LogP contribution in [0, 0.1) is 6.92 Å². The van der Waals surface area contributed by atoms with E-state index in [2.05, 4.69) is 25.0 Å². The number of hydrogen-bond donors (Lipinski definition) is 2. The summed E-state index contributed by atoms with van der Waals surface area (Å²) >= 11 is 0.